The van der Waals surface area contributed by atoms with Gasteiger partial charge in [-0.15, -0.1) is 0 Å². The van der Waals surface area contributed by atoms with Gasteiger partial charge in [-0.2, -0.15) is 0 Å². The molecule has 0 bridgehead atoms. The minimum absolute atomic E-state index is 0.0156. The van der Waals surface area contributed by atoms with Crippen LogP contribution in [0.15, 0.2) is 48.8 Å². The summed E-state index contributed by atoms with van der Waals surface area (Å²) in [6.45, 7) is 3.61. The van der Waals surface area contributed by atoms with Crippen molar-refractivity contribution in [2.45, 2.75) is 56.9 Å². The topological polar surface area (TPSA) is 139 Å². The molecule has 12 nitrogen and oxygen atoms in total. The van der Waals surface area contributed by atoms with E-state index in [1.54, 1.807) is 6.20 Å². The Balaban J connectivity index is 0.793. The number of piperazine rings is 1. The maximum Gasteiger partial charge on any atom is 0.262 e. The van der Waals surface area contributed by atoms with Gasteiger partial charge in [-0.3, -0.25) is 39.1 Å². The first-order valence-electron chi connectivity index (χ1n) is 18.7. The van der Waals surface area contributed by atoms with Crippen molar-refractivity contribution in [3.8, 4) is 11.1 Å². The van der Waals surface area contributed by atoms with E-state index in [1.165, 1.54) is 24.5 Å². The van der Waals surface area contributed by atoms with Crippen LogP contribution >= 0.6 is 11.6 Å². The van der Waals surface area contributed by atoms with E-state index in [2.05, 4.69) is 20.2 Å². The molecule has 1 aliphatic carbocycles. The smallest absolute Gasteiger partial charge is 0.262 e. The summed E-state index contributed by atoms with van der Waals surface area (Å²) >= 11 is 6.98. The zero-order chi connectivity index (χ0) is 37.2. The zero-order valence-electron chi connectivity index (χ0n) is 29.6. The van der Waals surface area contributed by atoms with Crippen molar-refractivity contribution in [1.29, 1.82) is 0 Å². The number of aromatic nitrogens is 2. The number of fused-ring (bicyclic) bond motifs is 2. The Hall–Kier alpha value is -5.14. The van der Waals surface area contributed by atoms with E-state index in [0.717, 1.165) is 71.2 Å². The fourth-order valence-electron chi connectivity index (χ4n) is 8.57. The van der Waals surface area contributed by atoms with Gasteiger partial charge in [0.2, 0.25) is 17.7 Å². The molecule has 2 aromatic heterocycles. The molecule has 2 aromatic carbocycles. The third kappa shape index (κ3) is 6.12. The number of rotatable bonds is 8. The highest BCUT2D eigenvalue weighted by atomic mass is 35.5. The van der Waals surface area contributed by atoms with E-state index < -0.39 is 35.5 Å². The lowest BCUT2D eigenvalue weighted by Gasteiger charge is -2.37. The molecule has 1 atom stereocenters. The number of aromatic amines is 1. The predicted octanol–water partition coefficient (Wildman–Crippen LogP) is 5.26. The van der Waals surface area contributed by atoms with Crippen molar-refractivity contribution < 1.29 is 28.4 Å². The molecular formula is C40H39ClFN7O5. The number of halogens is 2. The van der Waals surface area contributed by atoms with Crippen molar-refractivity contribution in [2.24, 2.45) is 5.92 Å². The number of nitrogens with zero attached hydrogens (tertiary/aromatic N) is 5. The van der Waals surface area contributed by atoms with Gasteiger partial charge in [-0.25, -0.2) is 9.37 Å². The second-order valence-corrected chi connectivity index (χ2v) is 15.5. The van der Waals surface area contributed by atoms with Crippen LogP contribution in [-0.4, -0.2) is 94.6 Å². The number of hydrogen-bond acceptors (Lipinski definition) is 8. The molecule has 6 heterocycles. The van der Waals surface area contributed by atoms with Crippen LogP contribution in [0.2, 0.25) is 5.02 Å². The number of carbonyl (C=O) groups is 5. The number of imide groups is 2. The first-order valence-corrected chi connectivity index (χ1v) is 19.1. The Labute approximate surface area is 315 Å². The Bertz CT molecular complexity index is 2250. The molecule has 1 saturated carbocycles. The number of nitrogens with one attached hydrogen (secondary N) is 2. The van der Waals surface area contributed by atoms with Crippen LogP contribution in [0.3, 0.4) is 0 Å². The van der Waals surface area contributed by atoms with Crippen LogP contribution < -0.4 is 15.1 Å². The van der Waals surface area contributed by atoms with Crippen LogP contribution in [0.25, 0.3) is 22.2 Å². The molecule has 14 heteroatoms. The number of piperidine rings is 2. The first kappa shape index (κ1) is 34.6. The van der Waals surface area contributed by atoms with Gasteiger partial charge in [0, 0.05) is 61.6 Å². The summed E-state index contributed by atoms with van der Waals surface area (Å²) in [5, 5.41) is 3.85. The molecule has 4 fully saturated rings. The van der Waals surface area contributed by atoms with E-state index in [0.29, 0.717) is 43.0 Å². The lowest BCUT2D eigenvalue weighted by atomic mass is 9.92. The molecular weight excluding hydrogens is 713 g/mol. The number of benzene rings is 2. The minimum atomic E-state index is -1.10. The summed E-state index contributed by atoms with van der Waals surface area (Å²) < 4.78 is 15.4. The summed E-state index contributed by atoms with van der Waals surface area (Å²) in [5.74, 6) is -2.15. The summed E-state index contributed by atoms with van der Waals surface area (Å²) in [6.07, 6.45) is 8.76. The molecule has 54 heavy (non-hydrogen) atoms. The van der Waals surface area contributed by atoms with Crippen molar-refractivity contribution in [3.63, 3.8) is 0 Å². The van der Waals surface area contributed by atoms with Gasteiger partial charge in [0.05, 0.1) is 28.4 Å². The minimum Gasteiger partial charge on any atom is -0.369 e. The van der Waals surface area contributed by atoms with E-state index in [1.807, 2.05) is 40.3 Å². The average Bonchev–Trinajstić information content (AvgIpc) is 3.87. The molecule has 0 spiro atoms. The second kappa shape index (κ2) is 13.6. The largest absolute Gasteiger partial charge is 0.369 e. The maximum absolute atomic E-state index is 15.4. The van der Waals surface area contributed by atoms with Crippen LogP contribution in [0, 0.1) is 11.7 Å². The van der Waals surface area contributed by atoms with Crippen LogP contribution in [0.4, 0.5) is 15.8 Å². The SMILES string of the molecule is O=C1CCC(N2C(=O)c3cc(F)c(N4CCC(CCN5CCN(c6cccc(-c7cnc8[nH]cc(C9CC9)c8c7Cl)c6)C(=O)C5)CC4)cc3C2=O)C(=O)N1. The summed E-state index contributed by atoms with van der Waals surface area (Å²) in [6, 6.07) is 9.36. The molecule has 2 N–H and O–H groups in total. The van der Waals surface area contributed by atoms with Crippen molar-refractivity contribution in [1.82, 2.24) is 25.1 Å². The third-order valence-electron chi connectivity index (χ3n) is 11.8. The highest BCUT2D eigenvalue weighted by Crippen LogP contribution is 2.46. The average molecular weight is 752 g/mol. The molecule has 3 saturated heterocycles. The number of pyridine rings is 1. The monoisotopic (exact) mass is 751 g/mol. The fraction of sp³-hybridized carbons (Fsp3) is 0.400. The fourth-order valence-corrected chi connectivity index (χ4v) is 8.93. The van der Waals surface area contributed by atoms with Gasteiger partial charge >= 0.3 is 0 Å². The van der Waals surface area contributed by atoms with Crippen LogP contribution in [0.5, 0.6) is 0 Å². The summed E-state index contributed by atoms with van der Waals surface area (Å²) in [4.78, 5) is 78.6. The highest BCUT2D eigenvalue weighted by Gasteiger charge is 2.45. The Kier molecular flexibility index (Phi) is 8.73. The Morgan fingerprint density at radius 1 is 0.889 bits per heavy atom. The summed E-state index contributed by atoms with van der Waals surface area (Å²) in [7, 11) is 0. The van der Waals surface area contributed by atoms with E-state index in [4.69, 9.17) is 11.6 Å². The number of anilines is 2. The number of carbonyl (C=O) groups excluding carboxylic acids is 5. The van der Waals surface area contributed by atoms with Crippen molar-refractivity contribution >= 4 is 63.5 Å². The normalized spacial score (nSPS) is 21.4. The number of H-pyrrole nitrogens is 1. The molecule has 4 aliphatic heterocycles. The predicted molar refractivity (Wildman–Crippen MR) is 200 cm³/mol. The quantitative estimate of drug-likeness (QED) is 0.233. The van der Waals surface area contributed by atoms with Gasteiger partial charge in [0.25, 0.3) is 11.8 Å². The molecule has 4 aromatic rings. The van der Waals surface area contributed by atoms with Crippen LogP contribution in [0.1, 0.15) is 77.1 Å². The lowest BCUT2D eigenvalue weighted by Crippen LogP contribution is -2.54. The lowest BCUT2D eigenvalue weighted by molar-refractivity contribution is -0.136. The summed E-state index contributed by atoms with van der Waals surface area (Å²) in [5.41, 5.74) is 4.89. The first-order chi connectivity index (χ1) is 26.1. The zero-order valence-corrected chi connectivity index (χ0v) is 30.3. The molecule has 278 valence electrons. The Morgan fingerprint density at radius 3 is 2.41 bits per heavy atom. The molecule has 0 radical (unpaired) electrons. The molecule has 5 aliphatic rings. The second-order valence-electron chi connectivity index (χ2n) is 15.1. The number of hydrogen-bond donors (Lipinski definition) is 2. The van der Waals surface area contributed by atoms with E-state index in [-0.39, 0.29) is 35.6 Å². The van der Waals surface area contributed by atoms with Crippen molar-refractivity contribution in [3.05, 3.63) is 76.3 Å². The third-order valence-corrected chi connectivity index (χ3v) is 12.2. The van der Waals surface area contributed by atoms with Gasteiger partial charge in [0.1, 0.15) is 17.5 Å². The van der Waals surface area contributed by atoms with Gasteiger partial charge in [0.15, 0.2) is 0 Å². The standard InChI is InChI=1S/C40H39ClFN7O5/c41-36-29(20-44-37-35(36)28(19-43-37)23-4-5-23)24-2-1-3-25(16-24)48-15-14-46(21-34(48)51)11-8-22-9-12-47(13-10-22)32-18-27-26(17-30(32)42)39(53)49(40(27)54)31-6-7-33(50)45-38(31)52/h1-3,16-20,22-23,31H,4-15,21H2,(H,43,44)(H,45,50,52). The number of amides is 5. The Morgan fingerprint density at radius 2 is 1.67 bits per heavy atom. The van der Waals surface area contributed by atoms with Gasteiger partial charge in [-0.1, -0.05) is 23.7 Å². The molecule has 9 rings (SSSR count). The van der Waals surface area contributed by atoms with Gasteiger partial charge in [-0.05, 0) is 92.3 Å². The molecule has 5 amide bonds. The van der Waals surface area contributed by atoms with E-state index >= 15 is 4.39 Å². The highest BCUT2D eigenvalue weighted by molar-refractivity contribution is 6.38. The van der Waals surface area contributed by atoms with Gasteiger partial charge < -0.3 is 14.8 Å². The molecule has 1 unspecified atom stereocenters. The van der Waals surface area contributed by atoms with E-state index in [9.17, 15) is 24.0 Å². The maximum atomic E-state index is 15.4. The van der Waals surface area contributed by atoms with Crippen LogP contribution in [-0.2, 0) is 14.4 Å². The van der Waals surface area contributed by atoms with Crippen molar-refractivity contribution in [2.75, 3.05) is 49.1 Å².